The molecule has 0 amide bonds. The minimum atomic E-state index is -0.242. The number of hydrogen-bond donors (Lipinski definition) is 1. The Morgan fingerprint density at radius 1 is 0.842 bits per heavy atom. The van der Waals surface area contributed by atoms with Crippen molar-refractivity contribution in [3.05, 3.63) is 71.8 Å². The van der Waals surface area contributed by atoms with Gasteiger partial charge in [-0.05, 0) is 40.0 Å². The topological polar surface area (TPSA) is 21.9 Å². The van der Waals surface area contributed by atoms with Crippen LogP contribution in [-0.2, 0) is 5.16 Å². The van der Waals surface area contributed by atoms with Crippen LogP contribution in [0.3, 0.4) is 0 Å². The fraction of sp³-hybridized carbons (Fsp3) is 0.294. The van der Waals surface area contributed by atoms with Gasteiger partial charge < -0.3 is 0 Å². The van der Waals surface area contributed by atoms with E-state index in [4.69, 9.17) is 0 Å². The molecule has 1 saturated heterocycles. The standard InChI is InChI=1S/C17H20NP/c1-16(2)18-19(16)17(3,14-10-6-4-7-11-14)15-12-8-5-9-13-15/h4-13,18H,1-3H3. The summed E-state index contributed by atoms with van der Waals surface area (Å²) >= 11 is 0. The molecule has 1 atom stereocenters. The van der Waals surface area contributed by atoms with E-state index in [1.54, 1.807) is 0 Å². The largest absolute Gasteiger partial charge is 0.283 e. The molecule has 1 aliphatic rings. The fourth-order valence-corrected chi connectivity index (χ4v) is 5.67. The lowest BCUT2D eigenvalue weighted by atomic mass is 9.92. The molecule has 1 nitrogen and oxygen atoms in total. The summed E-state index contributed by atoms with van der Waals surface area (Å²) in [5, 5.41) is 4.07. The van der Waals surface area contributed by atoms with E-state index in [1.807, 2.05) is 0 Å². The van der Waals surface area contributed by atoms with E-state index in [9.17, 15) is 0 Å². The van der Waals surface area contributed by atoms with Crippen LogP contribution in [0.5, 0.6) is 0 Å². The summed E-state index contributed by atoms with van der Waals surface area (Å²) < 4.78 is 0. The second kappa shape index (κ2) is 4.44. The average Bonchev–Trinajstić information content (AvgIpc) is 3.09. The SMILES string of the molecule is CC1(C)NP1C(C)(c1ccccc1)c1ccccc1. The zero-order valence-electron chi connectivity index (χ0n) is 11.7. The van der Waals surface area contributed by atoms with Crippen molar-refractivity contribution in [1.29, 1.82) is 0 Å². The van der Waals surface area contributed by atoms with Crippen molar-refractivity contribution in [3.63, 3.8) is 0 Å². The van der Waals surface area contributed by atoms with Crippen LogP contribution >= 0.6 is 8.07 Å². The van der Waals surface area contributed by atoms with Crippen molar-refractivity contribution in [2.24, 2.45) is 0 Å². The third kappa shape index (κ3) is 2.12. The van der Waals surface area contributed by atoms with Gasteiger partial charge in [0.1, 0.15) is 0 Å². The van der Waals surface area contributed by atoms with Gasteiger partial charge in [0.15, 0.2) is 0 Å². The first kappa shape index (κ1) is 12.8. The third-order valence-corrected chi connectivity index (χ3v) is 7.21. The maximum Gasteiger partial charge on any atom is 0.0521 e. The summed E-state index contributed by atoms with van der Waals surface area (Å²) in [5.74, 6) is 0. The number of nitrogens with one attached hydrogen (secondary N) is 1. The lowest BCUT2D eigenvalue weighted by Crippen LogP contribution is -2.19. The first-order valence-electron chi connectivity index (χ1n) is 6.74. The van der Waals surface area contributed by atoms with Crippen LogP contribution in [-0.4, -0.2) is 5.28 Å². The molecule has 2 aromatic rings. The molecular formula is C17H20NP. The molecule has 1 unspecified atom stereocenters. The molecule has 1 N–H and O–H groups in total. The third-order valence-electron chi connectivity index (χ3n) is 4.01. The lowest BCUT2D eigenvalue weighted by Gasteiger charge is -2.31. The maximum absolute atomic E-state index is 3.71. The summed E-state index contributed by atoms with van der Waals surface area (Å²) in [6.45, 7) is 7.00. The molecule has 0 spiro atoms. The lowest BCUT2D eigenvalue weighted by molar-refractivity contribution is 0.792. The molecule has 1 aliphatic heterocycles. The monoisotopic (exact) mass is 269 g/mol. The Morgan fingerprint density at radius 3 is 1.53 bits per heavy atom. The van der Waals surface area contributed by atoms with E-state index in [1.165, 1.54) is 11.1 Å². The van der Waals surface area contributed by atoms with Gasteiger partial charge in [0.2, 0.25) is 0 Å². The van der Waals surface area contributed by atoms with E-state index in [0.717, 1.165) is 0 Å². The van der Waals surface area contributed by atoms with E-state index in [2.05, 4.69) is 86.5 Å². The maximum atomic E-state index is 3.71. The van der Waals surface area contributed by atoms with Crippen LogP contribution in [0.1, 0.15) is 31.9 Å². The van der Waals surface area contributed by atoms with Crippen LogP contribution in [0.15, 0.2) is 60.7 Å². The molecule has 3 rings (SSSR count). The van der Waals surface area contributed by atoms with Gasteiger partial charge >= 0.3 is 0 Å². The van der Waals surface area contributed by atoms with E-state index in [0.29, 0.717) is 0 Å². The normalized spacial score (nSPS) is 21.1. The quantitative estimate of drug-likeness (QED) is 0.634. The summed E-state index contributed by atoms with van der Waals surface area (Å²) in [5.41, 5.74) is 2.82. The Morgan fingerprint density at radius 2 is 1.21 bits per heavy atom. The zero-order chi connectivity index (χ0) is 13.5. The van der Waals surface area contributed by atoms with Gasteiger partial charge in [-0.2, -0.15) is 0 Å². The van der Waals surface area contributed by atoms with Gasteiger partial charge in [-0.25, -0.2) is 0 Å². The summed E-state index contributed by atoms with van der Waals surface area (Å²) in [4.78, 5) is 0. The van der Waals surface area contributed by atoms with Gasteiger partial charge in [-0.3, -0.25) is 5.09 Å². The highest BCUT2D eigenvalue weighted by Crippen LogP contribution is 2.74. The molecule has 0 aromatic heterocycles. The summed E-state index contributed by atoms with van der Waals surface area (Å²) in [7, 11) is -0.242. The Hall–Kier alpha value is -1.17. The van der Waals surface area contributed by atoms with Crippen molar-refractivity contribution in [2.75, 3.05) is 0 Å². The fourth-order valence-electron chi connectivity index (χ4n) is 2.87. The molecule has 1 heterocycles. The summed E-state index contributed by atoms with van der Waals surface area (Å²) in [6.07, 6.45) is 0. The predicted octanol–water partition coefficient (Wildman–Crippen LogP) is 4.69. The van der Waals surface area contributed by atoms with Crippen LogP contribution < -0.4 is 5.09 Å². The van der Waals surface area contributed by atoms with Gasteiger partial charge in [-0.15, -0.1) is 0 Å². The average molecular weight is 269 g/mol. The van der Waals surface area contributed by atoms with Crippen LogP contribution in [0.25, 0.3) is 0 Å². The van der Waals surface area contributed by atoms with Gasteiger partial charge in [-0.1, -0.05) is 60.7 Å². The van der Waals surface area contributed by atoms with Crippen molar-refractivity contribution >= 4 is 8.07 Å². The number of benzene rings is 2. The van der Waals surface area contributed by atoms with Gasteiger partial charge in [0.25, 0.3) is 0 Å². The molecular weight excluding hydrogens is 249 g/mol. The minimum absolute atomic E-state index is 0.0847. The molecule has 0 bridgehead atoms. The smallest absolute Gasteiger partial charge is 0.0521 e. The second-order valence-corrected chi connectivity index (χ2v) is 8.72. The van der Waals surface area contributed by atoms with Crippen LogP contribution in [0, 0.1) is 0 Å². The molecule has 0 saturated carbocycles. The van der Waals surface area contributed by atoms with Crippen molar-refractivity contribution in [1.82, 2.24) is 5.09 Å². The van der Waals surface area contributed by atoms with Crippen LogP contribution in [0.4, 0.5) is 0 Å². The molecule has 1 fully saturated rings. The minimum Gasteiger partial charge on any atom is -0.283 e. The Bertz CT molecular complexity index is 523. The van der Waals surface area contributed by atoms with Crippen molar-refractivity contribution < 1.29 is 0 Å². The molecule has 19 heavy (non-hydrogen) atoms. The molecule has 2 aromatic carbocycles. The zero-order valence-corrected chi connectivity index (χ0v) is 12.6. The Balaban J connectivity index is 2.12. The molecule has 0 radical (unpaired) electrons. The highest BCUT2D eigenvalue weighted by molar-refractivity contribution is 7.65. The van der Waals surface area contributed by atoms with E-state index >= 15 is 0 Å². The summed E-state index contributed by atoms with van der Waals surface area (Å²) in [6, 6.07) is 21.8. The first-order chi connectivity index (χ1) is 9.05. The van der Waals surface area contributed by atoms with Gasteiger partial charge in [0, 0.05) is 0 Å². The highest BCUT2D eigenvalue weighted by Gasteiger charge is 2.56. The molecule has 0 aliphatic carbocycles. The molecule has 2 heteroatoms. The van der Waals surface area contributed by atoms with Crippen LogP contribution in [0.2, 0.25) is 0 Å². The second-order valence-electron chi connectivity index (χ2n) is 5.81. The van der Waals surface area contributed by atoms with Crippen molar-refractivity contribution in [2.45, 2.75) is 31.2 Å². The first-order valence-corrected chi connectivity index (χ1v) is 8.08. The highest BCUT2D eigenvalue weighted by atomic mass is 31.1. The van der Waals surface area contributed by atoms with E-state index in [-0.39, 0.29) is 18.5 Å². The number of rotatable bonds is 3. The number of hydrogen-bond acceptors (Lipinski definition) is 1. The predicted molar refractivity (Wildman–Crippen MR) is 83.5 cm³/mol. The van der Waals surface area contributed by atoms with E-state index < -0.39 is 0 Å². The Labute approximate surface area is 116 Å². The van der Waals surface area contributed by atoms with Crippen molar-refractivity contribution in [3.8, 4) is 0 Å². The Kier molecular flexibility index (Phi) is 3.00. The molecule has 98 valence electrons. The van der Waals surface area contributed by atoms with Gasteiger partial charge in [0.05, 0.1) is 10.4 Å².